The summed E-state index contributed by atoms with van der Waals surface area (Å²) in [7, 11) is 0. The lowest BCUT2D eigenvalue weighted by Gasteiger charge is -2.11. The molecule has 0 aromatic heterocycles. The number of benzene rings is 1. The van der Waals surface area contributed by atoms with Gasteiger partial charge in [0.05, 0.1) is 0 Å². The van der Waals surface area contributed by atoms with Gasteiger partial charge >= 0.3 is 0 Å². The normalized spacial score (nSPS) is 11.3. The molecule has 0 fully saturated rings. The first-order chi connectivity index (χ1) is 7.56. The van der Waals surface area contributed by atoms with E-state index >= 15 is 0 Å². The molecule has 0 atom stereocenters. The Hall–Kier alpha value is -0.860. The van der Waals surface area contributed by atoms with Gasteiger partial charge in [-0.25, -0.2) is 0 Å². The summed E-state index contributed by atoms with van der Waals surface area (Å²) in [6, 6.07) is 6.10. The monoisotopic (exact) mass is 248 g/mol. The van der Waals surface area contributed by atoms with Gasteiger partial charge in [-0.3, -0.25) is 0 Å². The Morgan fingerprint density at radius 1 is 1.44 bits per heavy atom. The van der Waals surface area contributed by atoms with Gasteiger partial charge in [0.15, 0.2) is 0 Å². The Labute approximate surface area is 108 Å². The fourth-order valence-electron chi connectivity index (χ4n) is 1.25. The van der Waals surface area contributed by atoms with Crippen LogP contribution in [0.3, 0.4) is 0 Å². The maximum atomic E-state index is 4.48. The van der Waals surface area contributed by atoms with Crippen molar-refractivity contribution < 1.29 is 0 Å². The number of hydrogen-bond acceptors (Lipinski definition) is 2. The lowest BCUT2D eigenvalue weighted by atomic mass is 10.2. The molecule has 0 saturated heterocycles. The van der Waals surface area contributed by atoms with Gasteiger partial charge in [0, 0.05) is 14.7 Å². The number of rotatable bonds is 4. The number of aryl methyl sites for hydroxylation is 1. The minimum atomic E-state index is 1.00. The molecule has 0 nitrogen and oxygen atoms in total. The van der Waals surface area contributed by atoms with Gasteiger partial charge < -0.3 is 0 Å². The van der Waals surface area contributed by atoms with Gasteiger partial charge in [0.1, 0.15) is 0 Å². The van der Waals surface area contributed by atoms with Crippen molar-refractivity contribution in [3.63, 3.8) is 0 Å². The summed E-state index contributed by atoms with van der Waals surface area (Å²) < 4.78 is 0. The largest absolute Gasteiger partial charge is 0.142 e. The van der Waals surface area contributed by atoms with Crippen LogP contribution in [0.4, 0.5) is 0 Å². The number of thioether (sulfide) groups is 1. The van der Waals surface area contributed by atoms with Gasteiger partial charge in [-0.2, -0.15) is 0 Å². The van der Waals surface area contributed by atoms with E-state index in [2.05, 4.69) is 38.8 Å². The van der Waals surface area contributed by atoms with Crippen LogP contribution < -0.4 is 0 Å². The van der Waals surface area contributed by atoms with Crippen LogP contribution in [0.2, 0.25) is 0 Å². The van der Waals surface area contributed by atoms with Crippen molar-refractivity contribution in [1.82, 2.24) is 0 Å². The standard InChI is InChI=1S/C14H16S2/c1-5-7-13(10(2)3)16-14-11(4)8-6-9-12(14)15/h5-9,15H,1-2H2,3-4H3/b13-7+. The Morgan fingerprint density at radius 2 is 2.12 bits per heavy atom. The van der Waals surface area contributed by atoms with Crippen molar-refractivity contribution in [3.8, 4) is 0 Å². The lowest BCUT2D eigenvalue weighted by Crippen LogP contribution is -1.84. The maximum absolute atomic E-state index is 4.48. The molecule has 2 heteroatoms. The van der Waals surface area contributed by atoms with Crippen LogP contribution >= 0.6 is 24.4 Å². The molecule has 1 rings (SSSR count). The Morgan fingerprint density at radius 3 is 2.62 bits per heavy atom. The van der Waals surface area contributed by atoms with Crippen molar-refractivity contribution in [1.29, 1.82) is 0 Å². The molecule has 0 aliphatic carbocycles. The first kappa shape index (κ1) is 13.2. The first-order valence-corrected chi connectivity index (χ1v) is 6.27. The fourth-order valence-corrected chi connectivity index (χ4v) is 2.61. The lowest BCUT2D eigenvalue weighted by molar-refractivity contribution is 1.18. The van der Waals surface area contributed by atoms with Crippen LogP contribution in [0.5, 0.6) is 0 Å². The van der Waals surface area contributed by atoms with Crippen LogP contribution in [0, 0.1) is 6.92 Å². The molecule has 0 bridgehead atoms. The fraction of sp³-hybridized carbons (Fsp3) is 0.143. The summed E-state index contributed by atoms with van der Waals surface area (Å²) in [4.78, 5) is 3.31. The molecule has 0 radical (unpaired) electrons. The minimum absolute atomic E-state index is 1.00. The van der Waals surface area contributed by atoms with Crippen molar-refractivity contribution in [2.24, 2.45) is 0 Å². The van der Waals surface area contributed by atoms with Crippen molar-refractivity contribution in [3.05, 3.63) is 59.6 Å². The highest BCUT2D eigenvalue weighted by Crippen LogP contribution is 2.36. The summed E-state index contributed by atoms with van der Waals surface area (Å²) in [5.74, 6) is 0. The van der Waals surface area contributed by atoms with Gasteiger partial charge in [0.2, 0.25) is 0 Å². The molecule has 0 amide bonds. The van der Waals surface area contributed by atoms with E-state index in [0.717, 1.165) is 15.4 Å². The van der Waals surface area contributed by atoms with Crippen LogP contribution in [0.25, 0.3) is 0 Å². The predicted molar refractivity (Wildman–Crippen MR) is 77.4 cm³/mol. The molecule has 0 spiro atoms. The highest BCUT2D eigenvalue weighted by Gasteiger charge is 2.07. The molecular weight excluding hydrogens is 232 g/mol. The summed E-state index contributed by atoms with van der Waals surface area (Å²) >= 11 is 6.16. The molecule has 16 heavy (non-hydrogen) atoms. The molecule has 0 aliphatic rings. The van der Waals surface area contributed by atoms with E-state index in [9.17, 15) is 0 Å². The van der Waals surface area contributed by atoms with Crippen LogP contribution in [-0.2, 0) is 0 Å². The van der Waals surface area contributed by atoms with Gasteiger partial charge in [-0.05, 0) is 37.1 Å². The third-order valence-corrected chi connectivity index (χ3v) is 4.07. The van der Waals surface area contributed by atoms with Crippen LogP contribution in [0.15, 0.2) is 63.8 Å². The number of allylic oxidation sites excluding steroid dienone is 3. The average molecular weight is 248 g/mol. The molecule has 0 unspecified atom stereocenters. The Bertz CT molecular complexity index is 422. The topological polar surface area (TPSA) is 0 Å². The second-order valence-corrected chi connectivity index (χ2v) is 5.11. The molecule has 1 aromatic rings. The van der Waals surface area contributed by atoms with Gasteiger partial charge in [-0.15, -0.1) is 12.6 Å². The third kappa shape index (κ3) is 3.32. The average Bonchev–Trinajstić information content (AvgIpc) is 2.21. The van der Waals surface area contributed by atoms with Crippen LogP contribution in [0.1, 0.15) is 12.5 Å². The SMILES string of the molecule is C=C/C=C(/Sc1c(C)cccc1S)C(=C)C. The van der Waals surface area contributed by atoms with E-state index in [4.69, 9.17) is 0 Å². The van der Waals surface area contributed by atoms with E-state index in [1.807, 2.05) is 25.1 Å². The molecule has 0 N–H and O–H groups in total. The minimum Gasteiger partial charge on any atom is -0.142 e. The zero-order valence-corrected chi connectivity index (χ0v) is 11.4. The smallest absolute Gasteiger partial charge is 0.0285 e. The van der Waals surface area contributed by atoms with Crippen molar-refractivity contribution in [2.75, 3.05) is 0 Å². The number of hydrogen-bond donors (Lipinski definition) is 1. The van der Waals surface area contributed by atoms with Gasteiger partial charge in [-0.1, -0.05) is 43.1 Å². The highest BCUT2D eigenvalue weighted by molar-refractivity contribution is 8.03. The number of thiol groups is 1. The van der Waals surface area contributed by atoms with E-state index in [1.54, 1.807) is 17.8 Å². The van der Waals surface area contributed by atoms with E-state index in [-0.39, 0.29) is 0 Å². The van der Waals surface area contributed by atoms with Crippen molar-refractivity contribution in [2.45, 2.75) is 23.6 Å². The summed E-state index contributed by atoms with van der Waals surface area (Å²) in [6.45, 7) is 11.8. The second-order valence-electron chi connectivity index (χ2n) is 3.57. The molecule has 0 aliphatic heterocycles. The van der Waals surface area contributed by atoms with Crippen LogP contribution in [-0.4, -0.2) is 0 Å². The molecule has 0 saturated carbocycles. The zero-order chi connectivity index (χ0) is 12.1. The Kier molecular flexibility index (Phi) is 4.97. The molecule has 84 valence electrons. The van der Waals surface area contributed by atoms with Gasteiger partial charge in [0.25, 0.3) is 0 Å². The quantitative estimate of drug-likeness (QED) is 0.443. The summed E-state index contributed by atoms with van der Waals surface area (Å²) in [6.07, 6.45) is 3.76. The van der Waals surface area contributed by atoms with E-state index < -0.39 is 0 Å². The maximum Gasteiger partial charge on any atom is 0.0285 e. The second kappa shape index (κ2) is 6.02. The summed E-state index contributed by atoms with van der Waals surface area (Å²) in [5.41, 5.74) is 2.27. The third-order valence-electron chi connectivity index (χ3n) is 2.09. The Balaban J connectivity index is 3.07. The van der Waals surface area contributed by atoms with E-state index in [0.29, 0.717) is 0 Å². The molecular formula is C14H16S2. The predicted octanol–water partition coefficient (Wildman–Crippen LogP) is 5.02. The van der Waals surface area contributed by atoms with E-state index in [1.165, 1.54) is 10.5 Å². The summed E-state index contributed by atoms with van der Waals surface area (Å²) in [5, 5.41) is 0. The molecule has 0 heterocycles. The first-order valence-electron chi connectivity index (χ1n) is 5.01. The van der Waals surface area contributed by atoms with Crippen molar-refractivity contribution >= 4 is 24.4 Å². The highest BCUT2D eigenvalue weighted by atomic mass is 32.2. The zero-order valence-electron chi connectivity index (χ0n) is 9.66. The molecule has 1 aromatic carbocycles.